The van der Waals surface area contributed by atoms with Gasteiger partial charge in [-0.1, -0.05) is 29.5 Å². The topological polar surface area (TPSA) is 80.9 Å². The van der Waals surface area contributed by atoms with Crippen molar-refractivity contribution in [2.75, 3.05) is 5.32 Å². The molecule has 7 heteroatoms. The Kier molecular flexibility index (Phi) is 4.18. The second-order valence-electron chi connectivity index (χ2n) is 4.05. The molecule has 0 aliphatic carbocycles. The van der Waals surface area contributed by atoms with Gasteiger partial charge in [0.1, 0.15) is 10.8 Å². The minimum absolute atomic E-state index is 0.279. The lowest BCUT2D eigenvalue weighted by molar-refractivity contribution is -0.117. The van der Waals surface area contributed by atoms with Gasteiger partial charge in [0.25, 0.3) is 0 Å². The molecule has 0 unspecified atom stereocenters. The molecule has 0 radical (unpaired) electrons. The van der Waals surface area contributed by atoms with E-state index in [1.165, 1.54) is 17.4 Å². The fraction of sp³-hybridized carbons (Fsp3) is 0.250. The SMILES string of the molecule is C[C@@H](N)C(=O)Nc1nnc(Cc2ccccc2F)s1. The van der Waals surface area contributed by atoms with Crippen LogP contribution < -0.4 is 11.1 Å². The fourth-order valence-corrected chi connectivity index (χ4v) is 2.17. The van der Waals surface area contributed by atoms with E-state index < -0.39 is 6.04 Å². The maximum Gasteiger partial charge on any atom is 0.242 e. The molecule has 2 rings (SSSR count). The molecule has 1 aromatic carbocycles. The first-order valence-electron chi connectivity index (χ1n) is 5.68. The zero-order chi connectivity index (χ0) is 13.8. The van der Waals surface area contributed by atoms with Gasteiger partial charge in [0.15, 0.2) is 0 Å². The highest BCUT2D eigenvalue weighted by Gasteiger charge is 2.12. The Morgan fingerprint density at radius 2 is 2.21 bits per heavy atom. The molecule has 1 aromatic heterocycles. The van der Waals surface area contributed by atoms with Gasteiger partial charge in [0.2, 0.25) is 11.0 Å². The first kappa shape index (κ1) is 13.6. The molecule has 0 bridgehead atoms. The van der Waals surface area contributed by atoms with E-state index in [1.54, 1.807) is 25.1 Å². The Bertz CT molecular complexity index is 585. The molecular formula is C12H13FN4OS. The summed E-state index contributed by atoms with van der Waals surface area (Å²) in [6, 6.07) is 5.87. The molecule has 1 atom stereocenters. The number of anilines is 1. The molecule has 3 N–H and O–H groups in total. The van der Waals surface area contributed by atoms with Gasteiger partial charge >= 0.3 is 0 Å². The lowest BCUT2D eigenvalue weighted by atomic mass is 10.1. The lowest BCUT2D eigenvalue weighted by Crippen LogP contribution is -2.32. The van der Waals surface area contributed by atoms with E-state index >= 15 is 0 Å². The summed E-state index contributed by atoms with van der Waals surface area (Å²) in [5, 5.41) is 11.3. The zero-order valence-corrected chi connectivity index (χ0v) is 11.1. The highest BCUT2D eigenvalue weighted by Crippen LogP contribution is 2.19. The van der Waals surface area contributed by atoms with E-state index in [0.29, 0.717) is 22.1 Å². The summed E-state index contributed by atoms with van der Waals surface area (Å²) < 4.78 is 13.5. The van der Waals surface area contributed by atoms with Crippen LogP contribution in [0.1, 0.15) is 17.5 Å². The molecule has 19 heavy (non-hydrogen) atoms. The van der Waals surface area contributed by atoms with Crippen LogP contribution in [0.3, 0.4) is 0 Å². The van der Waals surface area contributed by atoms with Gasteiger partial charge in [-0.3, -0.25) is 10.1 Å². The minimum Gasteiger partial charge on any atom is -0.320 e. The van der Waals surface area contributed by atoms with Gasteiger partial charge in [-0.05, 0) is 18.6 Å². The molecule has 2 aromatic rings. The number of rotatable bonds is 4. The summed E-state index contributed by atoms with van der Waals surface area (Å²) in [5.41, 5.74) is 5.97. The van der Waals surface area contributed by atoms with E-state index in [0.717, 1.165) is 0 Å². The van der Waals surface area contributed by atoms with Crippen molar-refractivity contribution in [2.45, 2.75) is 19.4 Å². The van der Waals surface area contributed by atoms with Crippen LogP contribution >= 0.6 is 11.3 Å². The molecule has 0 aliphatic heterocycles. The Labute approximate surface area is 113 Å². The van der Waals surface area contributed by atoms with Crippen LogP contribution in [-0.2, 0) is 11.2 Å². The van der Waals surface area contributed by atoms with E-state index in [1.807, 2.05) is 0 Å². The van der Waals surface area contributed by atoms with Gasteiger partial charge in [0.05, 0.1) is 6.04 Å². The standard InChI is InChI=1S/C12H13FN4OS/c1-7(14)11(18)15-12-17-16-10(19-12)6-8-4-2-3-5-9(8)13/h2-5,7H,6,14H2,1H3,(H,15,17,18)/t7-/m1/s1. The fourth-order valence-electron chi connectivity index (χ4n) is 1.40. The number of nitrogens with two attached hydrogens (primary N) is 1. The predicted octanol–water partition coefficient (Wildman–Crippen LogP) is 1.55. The van der Waals surface area contributed by atoms with Crippen LogP contribution in [0.25, 0.3) is 0 Å². The van der Waals surface area contributed by atoms with Crippen molar-refractivity contribution in [1.29, 1.82) is 0 Å². The molecule has 0 spiro atoms. The van der Waals surface area contributed by atoms with Gasteiger partial charge < -0.3 is 5.73 Å². The molecule has 0 saturated heterocycles. The van der Waals surface area contributed by atoms with Crippen LogP contribution in [0.15, 0.2) is 24.3 Å². The van der Waals surface area contributed by atoms with Crippen molar-refractivity contribution in [1.82, 2.24) is 10.2 Å². The average Bonchev–Trinajstić information content (AvgIpc) is 2.79. The first-order chi connectivity index (χ1) is 9.06. The summed E-state index contributed by atoms with van der Waals surface area (Å²) in [6.07, 6.45) is 0.346. The minimum atomic E-state index is -0.612. The Hall–Kier alpha value is -1.86. The Morgan fingerprint density at radius 1 is 1.47 bits per heavy atom. The molecule has 5 nitrogen and oxygen atoms in total. The number of halogens is 1. The number of carbonyl (C=O) groups is 1. The zero-order valence-electron chi connectivity index (χ0n) is 10.3. The average molecular weight is 280 g/mol. The summed E-state index contributed by atoms with van der Waals surface area (Å²) >= 11 is 1.21. The van der Waals surface area contributed by atoms with E-state index in [-0.39, 0.29) is 11.7 Å². The van der Waals surface area contributed by atoms with Crippen molar-refractivity contribution in [3.05, 3.63) is 40.7 Å². The van der Waals surface area contributed by atoms with Gasteiger partial charge in [-0.15, -0.1) is 10.2 Å². The predicted molar refractivity (Wildman–Crippen MR) is 71.4 cm³/mol. The van der Waals surface area contributed by atoms with Crippen molar-refractivity contribution in [3.63, 3.8) is 0 Å². The third-order valence-corrected chi connectivity index (χ3v) is 3.25. The molecule has 0 fully saturated rings. The number of carbonyl (C=O) groups excluding carboxylic acids is 1. The van der Waals surface area contributed by atoms with Gasteiger partial charge in [-0.2, -0.15) is 0 Å². The first-order valence-corrected chi connectivity index (χ1v) is 6.50. The van der Waals surface area contributed by atoms with Crippen molar-refractivity contribution < 1.29 is 9.18 Å². The number of aromatic nitrogens is 2. The third kappa shape index (κ3) is 3.55. The number of nitrogens with zero attached hydrogens (tertiary/aromatic N) is 2. The largest absolute Gasteiger partial charge is 0.320 e. The molecule has 1 heterocycles. The number of hydrogen-bond acceptors (Lipinski definition) is 5. The number of nitrogens with one attached hydrogen (secondary N) is 1. The molecule has 1 amide bonds. The quantitative estimate of drug-likeness (QED) is 0.890. The Morgan fingerprint density at radius 3 is 2.89 bits per heavy atom. The molecular weight excluding hydrogens is 267 g/mol. The summed E-state index contributed by atoms with van der Waals surface area (Å²) in [4.78, 5) is 11.4. The van der Waals surface area contributed by atoms with Crippen LogP contribution in [0.2, 0.25) is 0 Å². The van der Waals surface area contributed by atoms with Crippen molar-refractivity contribution in [2.24, 2.45) is 5.73 Å². The van der Waals surface area contributed by atoms with Crippen LogP contribution in [0.4, 0.5) is 9.52 Å². The maximum atomic E-state index is 13.5. The second kappa shape index (κ2) is 5.85. The smallest absolute Gasteiger partial charge is 0.242 e. The van der Waals surface area contributed by atoms with Crippen LogP contribution in [-0.4, -0.2) is 22.1 Å². The highest BCUT2D eigenvalue weighted by atomic mass is 32.1. The lowest BCUT2D eigenvalue weighted by Gasteiger charge is -2.02. The number of hydrogen-bond donors (Lipinski definition) is 2. The molecule has 100 valence electrons. The molecule has 0 aliphatic rings. The normalized spacial score (nSPS) is 12.2. The number of amides is 1. The monoisotopic (exact) mass is 280 g/mol. The van der Waals surface area contributed by atoms with Crippen molar-refractivity contribution in [3.8, 4) is 0 Å². The van der Waals surface area contributed by atoms with Crippen LogP contribution in [0, 0.1) is 5.82 Å². The summed E-state index contributed by atoms with van der Waals surface area (Å²) in [7, 11) is 0. The van der Waals surface area contributed by atoms with E-state index in [4.69, 9.17) is 5.73 Å². The van der Waals surface area contributed by atoms with Crippen molar-refractivity contribution >= 4 is 22.4 Å². The highest BCUT2D eigenvalue weighted by molar-refractivity contribution is 7.15. The summed E-state index contributed by atoms with van der Waals surface area (Å²) in [5.74, 6) is -0.604. The van der Waals surface area contributed by atoms with Gasteiger partial charge in [0, 0.05) is 6.42 Å². The molecule has 0 saturated carbocycles. The second-order valence-corrected chi connectivity index (χ2v) is 5.11. The maximum absolute atomic E-state index is 13.5. The third-order valence-electron chi connectivity index (χ3n) is 2.41. The van der Waals surface area contributed by atoms with Crippen LogP contribution in [0.5, 0.6) is 0 Å². The number of benzene rings is 1. The van der Waals surface area contributed by atoms with E-state index in [2.05, 4.69) is 15.5 Å². The Balaban J connectivity index is 2.06. The summed E-state index contributed by atoms with van der Waals surface area (Å²) in [6.45, 7) is 1.58. The van der Waals surface area contributed by atoms with Gasteiger partial charge in [-0.25, -0.2) is 4.39 Å². The van der Waals surface area contributed by atoms with E-state index in [9.17, 15) is 9.18 Å².